The minimum Gasteiger partial charge on any atom is -0.355 e. The standard InChI is InChI=1S/C27H28Cl2N2O2/c1-3-30-27(33)25(16-20-10-5-4-6-11-20)31(18-22-23(28)13-8-14-24(22)29)26(32)17-21-12-7-9-19(2)15-21/h4-15,25H,3,16-18H2,1-2H3,(H,30,33). The molecule has 6 heteroatoms. The van der Waals surface area contributed by atoms with Crippen LogP contribution in [0.3, 0.4) is 0 Å². The molecule has 3 aromatic carbocycles. The predicted molar refractivity (Wildman–Crippen MR) is 135 cm³/mol. The fourth-order valence-corrected chi connectivity index (χ4v) is 4.31. The summed E-state index contributed by atoms with van der Waals surface area (Å²) in [4.78, 5) is 28.4. The molecular formula is C27H28Cl2N2O2. The summed E-state index contributed by atoms with van der Waals surface area (Å²) in [6, 6.07) is 22.0. The van der Waals surface area contributed by atoms with Crippen LogP contribution < -0.4 is 5.32 Å². The van der Waals surface area contributed by atoms with Gasteiger partial charge in [-0.1, -0.05) is 89.4 Å². The molecule has 0 bridgehead atoms. The van der Waals surface area contributed by atoms with Gasteiger partial charge < -0.3 is 10.2 Å². The summed E-state index contributed by atoms with van der Waals surface area (Å²) in [7, 11) is 0. The van der Waals surface area contributed by atoms with Crippen LogP contribution in [0.25, 0.3) is 0 Å². The third-order valence-electron chi connectivity index (χ3n) is 5.45. The van der Waals surface area contributed by atoms with E-state index in [0.29, 0.717) is 28.6 Å². The van der Waals surface area contributed by atoms with E-state index in [9.17, 15) is 9.59 Å². The number of rotatable bonds is 9. The average molecular weight is 483 g/mol. The van der Waals surface area contributed by atoms with Gasteiger partial charge in [0.25, 0.3) is 0 Å². The summed E-state index contributed by atoms with van der Waals surface area (Å²) in [5.74, 6) is -0.370. The molecule has 0 aliphatic heterocycles. The van der Waals surface area contributed by atoms with E-state index in [4.69, 9.17) is 23.2 Å². The van der Waals surface area contributed by atoms with Gasteiger partial charge in [-0.05, 0) is 37.1 Å². The van der Waals surface area contributed by atoms with Gasteiger partial charge in [0.2, 0.25) is 11.8 Å². The van der Waals surface area contributed by atoms with E-state index >= 15 is 0 Å². The summed E-state index contributed by atoms with van der Waals surface area (Å²) < 4.78 is 0. The van der Waals surface area contributed by atoms with Crippen molar-refractivity contribution in [2.75, 3.05) is 6.54 Å². The largest absolute Gasteiger partial charge is 0.355 e. The Labute approximate surface area is 205 Å². The van der Waals surface area contributed by atoms with Gasteiger partial charge in [0.05, 0.1) is 6.42 Å². The first-order chi connectivity index (χ1) is 15.9. The Bertz CT molecular complexity index is 1080. The first-order valence-electron chi connectivity index (χ1n) is 11.0. The molecule has 0 saturated heterocycles. The molecule has 0 aliphatic rings. The van der Waals surface area contributed by atoms with Gasteiger partial charge in [0, 0.05) is 35.1 Å². The number of nitrogens with one attached hydrogen (secondary N) is 1. The number of benzene rings is 3. The lowest BCUT2D eigenvalue weighted by Gasteiger charge is -2.32. The van der Waals surface area contributed by atoms with Crippen LogP contribution in [0.2, 0.25) is 10.0 Å². The summed E-state index contributed by atoms with van der Waals surface area (Å²) in [5.41, 5.74) is 3.56. The number of hydrogen-bond donors (Lipinski definition) is 1. The van der Waals surface area contributed by atoms with E-state index in [1.165, 1.54) is 0 Å². The minimum absolute atomic E-state index is 0.137. The summed E-state index contributed by atoms with van der Waals surface area (Å²) in [6.07, 6.45) is 0.558. The number of hydrogen-bond acceptors (Lipinski definition) is 2. The Hall–Kier alpha value is -2.82. The van der Waals surface area contributed by atoms with Gasteiger partial charge in [-0.3, -0.25) is 9.59 Å². The molecule has 0 fully saturated rings. The zero-order valence-electron chi connectivity index (χ0n) is 18.9. The maximum Gasteiger partial charge on any atom is 0.243 e. The average Bonchev–Trinajstić information content (AvgIpc) is 2.78. The van der Waals surface area contributed by atoms with Crippen LogP contribution >= 0.6 is 23.2 Å². The van der Waals surface area contributed by atoms with Crippen LogP contribution in [-0.2, 0) is 29.0 Å². The molecule has 0 spiro atoms. The first-order valence-corrected chi connectivity index (χ1v) is 11.7. The van der Waals surface area contributed by atoms with Gasteiger partial charge in [-0.2, -0.15) is 0 Å². The smallest absolute Gasteiger partial charge is 0.243 e. The molecule has 4 nitrogen and oxygen atoms in total. The van der Waals surface area contributed by atoms with Crippen molar-refractivity contribution in [2.24, 2.45) is 0 Å². The number of carbonyl (C=O) groups is 2. The second-order valence-electron chi connectivity index (χ2n) is 7.99. The molecule has 2 amide bonds. The zero-order chi connectivity index (χ0) is 23.8. The lowest BCUT2D eigenvalue weighted by atomic mass is 10.0. The number of likely N-dealkylation sites (N-methyl/N-ethyl adjacent to an activating group) is 1. The zero-order valence-corrected chi connectivity index (χ0v) is 20.4. The molecule has 0 aromatic heterocycles. The SMILES string of the molecule is CCNC(=O)C(Cc1ccccc1)N(Cc1c(Cl)cccc1Cl)C(=O)Cc1cccc(C)c1. The van der Waals surface area contributed by atoms with Crippen LogP contribution in [0.5, 0.6) is 0 Å². The molecule has 1 N–H and O–H groups in total. The van der Waals surface area contributed by atoms with Gasteiger partial charge in [-0.15, -0.1) is 0 Å². The molecule has 0 radical (unpaired) electrons. The fourth-order valence-electron chi connectivity index (χ4n) is 3.80. The van der Waals surface area contributed by atoms with Crippen molar-refractivity contribution in [3.63, 3.8) is 0 Å². The Morgan fingerprint density at radius 1 is 0.909 bits per heavy atom. The van der Waals surface area contributed by atoms with Crippen molar-refractivity contribution in [1.29, 1.82) is 0 Å². The summed E-state index contributed by atoms with van der Waals surface area (Å²) >= 11 is 12.9. The van der Waals surface area contributed by atoms with Gasteiger partial charge in [0.1, 0.15) is 6.04 Å². The van der Waals surface area contributed by atoms with Crippen LogP contribution in [0.4, 0.5) is 0 Å². The maximum absolute atomic E-state index is 13.7. The number of aryl methyl sites for hydroxylation is 1. The van der Waals surface area contributed by atoms with E-state index in [2.05, 4.69) is 5.32 Å². The minimum atomic E-state index is -0.711. The van der Waals surface area contributed by atoms with Crippen molar-refractivity contribution >= 4 is 35.0 Å². The number of amides is 2. The molecular weight excluding hydrogens is 455 g/mol. The number of halogens is 2. The van der Waals surface area contributed by atoms with Gasteiger partial charge in [0.15, 0.2) is 0 Å². The van der Waals surface area contributed by atoms with E-state index in [1.807, 2.05) is 68.4 Å². The fraction of sp³-hybridized carbons (Fsp3) is 0.259. The highest BCUT2D eigenvalue weighted by molar-refractivity contribution is 6.36. The van der Waals surface area contributed by atoms with Crippen LogP contribution in [0.15, 0.2) is 72.8 Å². The number of carbonyl (C=O) groups excluding carboxylic acids is 2. The van der Waals surface area contributed by atoms with E-state index in [1.54, 1.807) is 23.1 Å². The molecule has 172 valence electrons. The Kier molecular flexibility index (Phi) is 8.93. The van der Waals surface area contributed by atoms with Crippen LogP contribution in [0, 0.1) is 6.92 Å². The van der Waals surface area contributed by atoms with Crippen molar-refractivity contribution < 1.29 is 9.59 Å². The van der Waals surface area contributed by atoms with Crippen LogP contribution in [-0.4, -0.2) is 29.3 Å². The molecule has 0 aliphatic carbocycles. The summed E-state index contributed by atoms with van der Waals surface area (Å²) in [6.45, 7) is 4.46. The van der Waals surface area contributed by atoms with E-state index in [-0.39, 0.29) is 24.8 Å². The van der Waals surface area contributed by atoms with Crippen LogP contribution in [0.1, 0.15) is 29.2 Å². The third kappa shape index (κ3) is 6.83. The van der Waals surface area contributed by atoms with Crippen molar-refractivity contribution in [3.8, 4) is 0 Å². The molecule has 3 aromatic rings. The third-order valence-corrected chi connectivity index (χ3v) is 6.16. The van der Waals surface area contributed by atoms with Crippen molar-refractivity contribution in [2.45, 2.75) is 39.3 Å². The topological polar surface area (TPSA) is 49.4 Å². The maximum atomic E-state index is 13.7. The van der Waals surface area contributed by atoms with Gasteiger partial charge >= 0.3 is 0 Å². The normalized spacial score (nSPS) is 11.6. The molecule has 3 rings (SSSR count). The summed E-state index contributed by atoms with van der Waals surface area (Å²) in [5, 5.41) is 3.82. The van der Waals surface area contributed by atoms with Gasteiger partial charge in [-0.25, -0.2) is 0 Å². The lowest BCUT2D eigenvalue weighted by molar-refractivity contribution is -0.140. The van der Waals surface area contributed by atoms with E-state index in [0.717, 1.165) is 16.7 Å². The highest BCUT2D eigenvalue weighted by atomic mass is 35.5. The van der Waals surface area contributed by atoms with Crippen molar-refractivity contribution in [1.82, 2.24) is 10.2 Å². The van der Waals surface area contributed by atoms with Crippen molar-refractivity contribution in [3.05, 3.63) is 105 Å². The molecule has 1 unspecified atom stereocenters. The quantitative estimate of drug-likeness (QED) is 0.430. The highest BCUT2D eigenvalue weighted by Gasteiger charge is 2.31. The Morgan fingerprint density at radius 2 is 1.55 bits per heavy atom. The highest BCUT2D eigenvalue weighted by Crippen LogP contribution is 2.27. The first kappa shape index (κ1) is 24.8. The molecule has 33 heavy (non-hydrogen) atoms. The Morgan fingerprint density at radius 3 is 2.18 bits per heavy atom. The van der Waals surface area contributed by atoms with E-state index < -0.39 is 6.04 Å². The number of nitrogens with zero attached hydrogens (tertiary/aromatic N) is 1. The second kappa shape index (κ2) is 11.9. The second-order valence-corrected chi connectivity index (χ2v) is 8.80. The molecule has 0 heterocycles. The molecule has 0 saturated carbocycles. The lowest BCUT2D eigenvalue weighted by Crippen LogP contribution is -2.51. The Balaban J connectivity index is 2.00. The molecule has 1 atom stereocenters. The monoisotopic (exact) mass is 482 g/mol. The predicted octanol–water partition coefficient (Wildman–Crippen LogP) is 5.62.